The maximum Gasteiger partial charge on any atom is 0.250 e. The van der Waals surface area contributed by atoms with Crippen molar-refractivity contribution in [1.82, 2.24) is 0 Å². The highest BCUT2D eigenvalue weighted by Gasteiger charge is 2.07. The monoisotopic (exact) mass is 278 g/mol. The van der Waals surface area contributed by atoms with Gasteiger partial charge in [0.25, 0.3) is 0 Å². The fraction of sp³-hybridized carbons (Fsp3) is 0.562. The number of nitrogens with one attached hydrogen (secondary N) is 1. The number of unbranched alkanes of at least 4 members (excludes halogenated alkanes) is 4. The second-order valence-corrected chi connectivity index (χ2v) is 5.05. The Morgan fingerprint density at radius 2 is 2.00 bits per heavy atom. The first-order valence-corrected chi connectivity index (χ1v) is 7.37. The molecule has 0 unspecified atom stereocenters. The van der Waals surface area contributed by atoms with Crippen molar-refractivity contribution in [2.24, 2.45) is 0 Å². The van der Waals surface area contributed by atoms with Crippen molar-refractivity contribution in [1.29, 1.82) is 0 Å². The summed E-state index contributed by atoms with van der Waals surface area (Å²) in [6.45, 7) is 4.83. The van der Waals surface area contributed by atoms with Gasteiger partial charge in [-0.25, -0.2) is 0 Å². The lowest BCUT2D eigenvalue weighted by Gasteiger charge is -2.11. The minimum Gasteiger partial charge on any atom is -0.397 e. The Labute approximate surface area is 121 Å². The predicted octanol–water partition coefficient (Wildman–Crippen LogP) is 3.50. The van der Waals surface area contributed by atoms with Crippen LogP contribution in [0.2, 0.25) is 0 Å². The molecule has 0 aliphatic heterocycles. The third-order valence-electron chi connectivity index (χ3n) is 3.19. The number of anilines is 2. The van der Waals surface area contributed by atoms with Crippen molar-refractivity contribution in [3.05, 3.63) is 23.8 Å². The van der Waals surface area contributed by atoms with E-state index >= 15 is 0 Å². The Kier molecular flexibility index (Phi) is 7.73. The van der Waals surface area contributed by atoms with Crippen LogP contribution in [0.25, 0.3) is 0 Å². The van der Waals surface area contributed by atoms with Gasteiger partial charge in [0.05, 0.1) is 11.4 Å². The summed E-state index contributed by atoms with van der Waals surface area (Å²) < 4.78 is 5.37. The third kappa shape index (κ3) is 6.06. The molecule has 0 bridgehead atoms. The number of aryl methyl sites for hydroxylation is 1. The zero-order valence-corrected chi connectivity index (χ0v) is 12.6. The molecule has 0 saturated heterocycles. The number of hydrogen-bond acceptors (Lipinski definition) is 3. The number of nitrogens with two attached hydrogens (primary N) is 1. The van der Waals surface area contributed by atoms with Gasteiger partial charge in [-0.2, -0.15) is 0 Å². The van der Waals surface area contributed by atoms with Crippen molar-refractivity contribution in [2.75, 3.05) is 24.3 Å². The van der Waals surface area contributed by atoms with Crippen LogP contribution in [0.4, 0.5) is 11.4 Å². The van der Waals surface area contributed by atoms with Crippen LogP contribution in [0.15, 0.2) is 18.2 Å². The van der Waals surface area contributed by atoms with E-state index in [-0.39, 0.29) is 12.5 Å². The largest absolute Gasteiger partial charge is 0.397 e. The number of rotatable bonds is 9. The van der Waals surface area contributed by atoms with Gasteiger partial charge in [-0.15, -0.1) is 0 Å². The molecule has 0 atom stereocenters. The van der Waals surface area contributed by atoms with Gasteiger partial charge >= 0.3 is 0 Å². The van der Waals surface area contributed by atoms with Crippen molar-refractivity contribution >= 4 is 17.3 Å². The summed E-state index contributed by atoms with van der Waals surface area (Å²) in [5, 5.41) is 2.80. The number of carbonyl (C=O) groups excluding carboxylic acids is 1. The van der Waals surface area contributed by atoms with Crippen LogP contribution in [-0.4, -0.2) is 19.1 Å². The molecular formula is C16H26N2O2. The molecule has 4 heteroatoms. The third-order valence-corrected chi connectivity index (χ3v) is 3.19. The number of amides is 1. The molecule has 20 heavy (non-hydrogen) atoms. The predicted molar refractivity (Wildman–Crippen MR) is 83.8 cm³/mol. The van der Waals surface area contributed by atoms with Crippen LogP contribution in [0.3, 0.4) is 0 Å². The molecule has 0 aromatic heterocycles. The van der Waals surface area contributed by atoms with E-state index in [9.17, 15) is 4.79 Å². The molecule has 3 N–H and O–H groups in total. The summed E-state index contributed by atoms with van der Waals surface area (Å²) in [4.78, 5) is 11.8. The summed E-state index contributed by atoms with van der Waals surface area (Å²) in [5.74, 6) is -0.153. The Morgan fingerprint density at radius 1 is 1.25 bits per heavy atom. The molecule has 0 fully saturated rings. The summed E-state index contributed by atoms with van der Waals surface area (Å²) >= 11 is 0. The van der Waals surface area contributed by atoms with E-state index in [1.165, 1.54) is 25.7 Å². The number of hydrogen-bond donors (Lipinski definition) is 2. The van der Waals surface area contributed by atoms with Crippen LogP contribution >= 0.6 is 0 Å². The highest BCUT2D eigenvalue weighted by Crippen LogP contribution is 2.22. The SMILES string of the molecule is CCCCCCCOCC(=O)Nc1c(C)cccc1N. The maximum absolute atomic E-state index is 11.8. The van der Waals surface area contributed by atoms with Gasteiger partial charge in [-0.1, -0.05) is 44.7 Å². The van der Waals surface area contributed by atoms with Gasteiger partial charge in [0, 0.05) is 6.61 Å². The van der Waals surface area contributed by atoms with E-state index in [4.69, 9.17) is 10.5 Å². The first kappa shape index (κ1) is 16.5. The maximum atomic E-state index is 11.8. The van der Waals surface area contributed by atoms with Crippen LogP contribution in [-0.2, 0) is 9.53 Å². The molecule has 1 aromatic carbocycles. The quantitative estimate of drug-likeness (QED) is 0.536. The van der Waals surface area contributed by atoms with Gasteiger partial charge in [-0.05, 0) is 25.0 Å². The van der Waals surface area contributed by atoms with Crippen molar-refractivity contribution in [3.8, 4) is 0 Å². The minimum atomic E-state index is -0.153. The molecule has 1 rings (SSSR count). The lowest BCUT2D eigenvalue weighted by Crippen LogP contribution is -2.20. The van der Waals surface area contributed by atoms with E-state index < -0.39 is 0 Å². The molecule has 0 saturated carbocycles. The fourth-order valence-electron chi connectivity index (χ4n) is 2.01. The Hall–Kier alpha value is -1.55. The summed E-state index contributed by atoms with van der Waals surface area (Å²) in [6.07, 6.45) is 5.93. The molecule has 1 aromatic rings. The Balaban J connectivity index is 2.21. The molecule has 0 radical (unpaired) electrons. The van der Waals surface area contributed by atoms with E-state index in [2.05, 4.69) is 12.2 Å². The molecule has 0 aliphatic carbocycles. The number of benzene rings is 1. The van der Waals surface area contributed by atoms with Crippen molar-refractivity contribution in [2.45, 2.75) is 46.0 Å². The normalized spacial score (nSPS) is 10.5. The Morgan fingerprint density at radius 3 is 2.70 bits per heavy atom. The summed E-state index contributed by atoms with van der Waals surface area (Å²) in [6, 6.07) is 5.56. The second-order valence-electron chi connectivity index (χ2n) is 5.05. The van der Waals surface area contributed by atoms with Crippen LogP contribution < -0.4 is 11.1 Å². The number of carbonyl (C=O) groups is 1. The van der Waals surface area contributed by atoms with Gasteiger partial charge in [0.2, 0.25) is 5.91 Å². The van der Waals surface area contributed by atoms with E-state index in [1.54, 1.807) is 6.07 Å². The van der Waals surface area contributed by atoms with Crippen LogP contribution in [0.5, 0.6) is 0 Å². The lowest BCUT2D eigenvalue weighted by molar-refractivity contribution is -0.120. The topological polar surface area (TPSA) is 64.3 Å². The first-order chi connectivity index (χ1) is 9.65. The van der Waals surface area contributed by atoms with Gasteiger partial charge < -0.3 is 15.8 Å². The van der Waals surface area contributed by atoms with Gasteiger partial charge in [-0.3, -0.25) is 4.79 Å². The number of nitrogen functional groups attached to an aromatic ring is 1. The standard InChI is InChI=1S/C16H26N2O2/c1-3-4-5-6-7-11-20-12-15(19)18-16-13(2)9-8-10-14(16)17/h8-10H,3-7,11-12,17H2,1-2H3,(H,18,19). The highest BCUT2D eigenvalue weighted by molar-refractivity contribution is 5.95. The van der Waals surface area contributed by atoms with E-state index in [1.807, 2.05) is 19.1 Å². The second kappa shape index (κ2) is 9.37. The number of para-hydroxylation sites is 1. The smallest absolute Gasteiger partial charge is 0.250 e. The van der Waals surface area contributed by atoms with E-state index in [0.29, 0.717) is 18.0 Å². The molecule has 0 spiro atoms. The highest BCUT2D eigenvalue weighted by atomic mass is 16.5. The summed E-state index contributed by atoms with van der Waals surface area (Å²) in [7, 11) is 0. The molecule has 112 valence electrons. The zero-order chi connectivity index (χ0) is 14.8. The molecular weight excluding hydrogens is 252 g/mol. The number of ether oxygens (including phenoxy) is 1. The average molecular weight is 278 g/mol. The van der Waals surface area contributed by atoms with Crippen molar-refractivity contribution in [3.63, 3.8) is 0 Å². The molecule has 1 amide bonds. The zero-order valence-electron chi connectivity index (χ0n) is 12.6. The first-order valence-electron chi connectivity index (χ1n) is 7.37. The molecule has 4 nitrogen and oxygen atoms in total. The van der Waals surface area contributed by atoms with Crippen molar-refractivity contribution < 1.29 is 9.53 Å². The Bertz CT molecular complexity index is 399. The lowest BCUT2D eigenvalue weighted by atomic mass is 10.1. The van der Waals surface area contributed by atoms with Gasteiger partial charge in [0.15, 0.2) is 0 Å². The van der Waals surface area contributed by atoms with Gasteiger partial charge in [0.1, 0.15) is 6.61 Å². The van der Waals surface area contributed by atoms with Crippen LogP contribution in [0.1, 0.15) is 44.6 Å². The van der Waals surface area contributed by atoms with E-state index in [0.717, 1.165) is 12.0 Å². The molecule has 0 aliphatic rings. The average Bonchev–Trinajstić information content (AvgIpc) is 2.42. The van der Waals surface area contributed by atoms with Crippen LogP contribution in [0, 0.1) is 6.92 Å². The minimum absolute atomic E-state index is 0.0849. The molecule has 0 heterocycles. The summed E-state index contributed by atoms with van der Waals surface area (Å²) in [5.41, 5.74) is 8.06. The fourth-order valence-corrected chi connectivity index (χ4v) is 2.01.